The van der Waals surface area contributed by atoms with Crippen LogP contribution in [0.4, 0.5) is 0 Å². The standard InChI is InChI=1S/C38H47N4O6/c1-23(43)31-34-26-7-2-10-30(33(26)35(38(46)47)40(34)37(31)45)48-29-9-3-8-27-32(29)25-12-11-24(22-28(25)36(27)44)6-4-14-41-16-19-42(20-17-41,21-18-41)15-5-13-39/h3,8-9,11-12,22-23,26,30-31,34,43H,2,4-7,10,13-21,39H2,1H3/q+1/p+1. The van der Waals surface area contributed by atoms with Crippen molar-refractivity contribution < 1.29 is 38.3 Å². The van der Waals surface area contributed by atoms with Crippen LogP contribution in [-0.4, -0.2) is 119 Å². The zero-order valence-corrected chi connectivity index (χ0v) is 27.9. The molecule has 2 aromatic carbocycles. The third kappa shape index (κ3) is 4.86. The number of hydrogen-bond acceptors (Lipinski definition) is 6. The normalized spacial score (nSPS) is 32.0. The van der Waals surface area contributed by atoms with Gasteiger partial charge in [-0.15, -0.1) is 0 Å². The molecule has 2 aromatic rings. The minimum atomic E-state index is -1.14. The van der Waals surface area contributed by atoms with Crippen molar-refractivity contribution in [1.82, 2.24) is 4.90 Å². The lowest BCUT2D eigenvalue weighted by molar-refractivity contribution is -1.08. The van der Waals surface area contributed by atoms with Gasteiger partial charge in [0.1, 0.15) is 56.8 Å². The minimum absolute atomic E-state index is 0.00446. The summed E-state index contributed by atoms with van der Waals surface area (Å²) in [7, 11) is 0. The van der Waals surface area contributed by atoms with Crippen molar-refractivity contribution in [2.75, 3.05) is 58.9 Å². The smallest absolute Gasteiger partial charge is 0.352 e. The maximum absolute atomic E-state index is 13.7. The van der Waals surface area contributed by atoms with Gasteiger partial charge in [-0.05, 0) is 62.4 Å². The quantitative estimate of drug-likeness (QED) is 0.214. The van der Waals surface area contributed by atoms with Gasteiger partial charge in [0.05, 0.1) is 31.2 Å². The van der Waals surface area contributed by atoms with Crippen molar-refractivity contribution in [2.24, 2.45) is 17.6 Å². The van der Waals surface area contributed by atoms with E-state index in [0.29, 0.717) is 28.9 Å². The van der Waals surface area contributed by atoms with E-state index < -0.39 is 24.1 Å². The van der Waals surface area contributed by atoms with E-state index in [0.717, 1.165) is 49.8 Å². The van der Waals surface area contributed by atoms with Crippen molar-refractivity contribution in [2.45, 2.75) is 63.7 Å². The summed E-state index contributed by atoms with van der Waals surface area (Å²) in [6.45, 7) is 12.4. The highest BCUT2D eigenvalue weighted by atomic mass is 16.5. The van der Waals surface area contributed by atoms with E-state index in [1.807, 2.05) is 18.2 Å². The van der Waals surface area contributed by atoms with E-state index in [1.54, 1.807) is 6.92 Å². The van der Waals surface area contributed by atoms with E-state index in [1.165, 1.54) is 71.8 Å². The number of nitrogens with zero attached hydrogens (tertiary/aromatic N) is 3. The Hall–Kier alpha value is -3.57. The predicted octanol–water partition coefficient (Wildman–Crippen LogP) is 2.95. The van der Waals surface area contributed by atoms with Gasteiger partial charge in [0, 0.05) is 41.0 Å². The fraction of sp³-hybridized carbons (Fsp3) is 0.553. The lowest BCUT2D eigenvalue weighted by Gasteiger charge is -2.55. The molecule has 7 aliphatic rings. The second-order valence-corrected chi connectivity index (χ2v) is 15.3. The number of aliphatic hydroxyl groups is 1. The fourth-order valence-electron chi connectivity index (χ4n) is 10.2. The second-order valence-electron chi connectivity index (χ2n) is 15.3. The molecule has 1 amide bonds. The predicted molar refractivity (Wildman–Crippen MR) is 179 cm³/mol. The number of ketones is 1. The number of rotatable bonds is 11. The number of aryl methyl sites for hydroxylation is 1. The van der Waals surface area contributed by atoms with Crippen LogP contribution in [0.5, 0.6) is 5.75 Å². The maximum atomic E-state index is 13.7. The number of carboxylic acid groups (broad SMARTS) is 1. The summed E-state index contributed by atoms with van der Waals surface area (Å²) in [4.78, 5) is 40.6. The van der Waals surface area contributed by atoms with E-state index in [2.05, 4.69) is 18.2 Å². The number of carbonyl (C=O) groups is 3. The summed E-state index contributed by atoms with van der Waals surface area (Å²) in [5.41, 5.74) is 10.6. The number of β-lactam (4-membered cyclic amide) rings is 1. The largest absolute Gasteiger partial charge is 0.485 e. The van der Waals surface area contributed by atoms with Crippen LogP contribution in [0.3, 0.4) is 0 Å². The molecule has 5 unspecified atom stereocenters. The molecule has 254 valence electrons. The number of amides is 1. The highest BCUT2D eigenvalue weighted by Gasteiger charge is 2.62. The zero-order chi connectivity index (χ0) is 33.4. The zero-order valence-electron chi connectivity index (χ0n) is 27.9. The molecular weight excluding hydrogens is 608 g/mol. The van der Waals surface area contributed by atoms with Crippen molar-refractivity contribution in [3.05, 3.63) is 64.4 Å². The third-order valence-corrected chi connectivity index (χ3v) is 12.8. The number of nitrogens with two attached hydrogens (primary N) is 1. The number of benzene rings is 2. The van der Waals surface area contributed by atoms with Gasteiger partial charge in [0.15, 0.2) is 5.78 Å². The summed E-state index contributed by atoms with van der Waals surface area (Å²) in [6, 6.07) is 11.4. The number of carboxylic acids is 1. The summed E-state index contributed by atoms with van der Waals surface area (Å²) in [5.74, 6) is -1.69. The molecule has 2 aliphatic carbocycles. The van der Waals surface area contributed by atoms with E-state index in [-0.39, 0.29) is 29.3 Å². The maximum Gasteiger partial charge on any atom is 0.352 e. The molecule has 5 aliphatic heterocycles. The average Bonchev–Trinajstić information content (AvgIpc) is 3.55. The first kappa shape index (κ1) is 31.7. The number of fused-ring (bicyclic) bond motifs is 9. The Balaban J connectivity index is 0.995. The summed E-state index contributed by atoms with van der Waals surface area (Å²) in [6.07, 6.45) is 3.95. The number of ether oxygens (including phenoxy) is 1. The molecule has 5 fully saturated rings. The third-order valence-electron chi connectivity index (χ3n) is 12.8. The van der Waals surface area contributed by atoms with E-state index >= 15 is 0 Å². The van der Waals surface area contributed by atoms with Crippen molar-refractivity contribution in [3.8, 4) is 16.9 Å². The Bertz CT molecular complexity index is 1690. The van der Waals surface area contributed by atoms with Crippen LogP contribution in [0, 0.1) is 11.8 Å². The van der Waals surface area contributed by atoms with Gasteiger partial charge in [-0.1, -0.05) is 24.3 Å². The van der Waals surface area contributed by atoms with Crippen molar-refractivity contribution >= 4 is 17.7 Å². The number of aliphatic carboxylic acids is 1. The summed E-state index contributed by atoms with van der Waals surface area (Å²) < 4.78 is 9.18. The molecule has 10 heteroatoms. The Morgan fingerprint density at radius 2 is 1.69 bits per heavy atom. The van der Waals surface area contributed by atoms with Gasteiger partial charge in [-0.25, -0.2) is 4.79 Å². The Morgan fingerprint density at radius 1 is 0.979 bits per heavy atom. The number of carbonyl (C=O) groups excluding carboxylic acids is 2. The minimum Gasteiger partial charge on any atom is -0.485 e. The lowest BCUT2D eigenvalue weighted by Crippen LogP contribution is -2.75. The monoisotopic (exact) mass is 656 g/mol. The van der Waals surface area contributed by atoms with Crippen LogP contribution < -0.4 is 10.5 Å². The van der Waals surface area contributed by atoms with E-state index in [4.69, 9.17) is 10.5 Å². The Labute approximate surface area is 281 Å². The highest BCUT2D eigenvalue weighted by Crippen LogP contribution is 2.53. The molecule has 1 saturated carbocycles. The number of aliphatic hydroxyl groups excluding tert-OH is 1. The molecule has 5 atom stereocenters. The van der Waals surface area contributed by atoms with Gasteiger partial charge in [-0.3, -0.25) is 9.59 Å². The molecule has 10 nitrogen and oxygen atoms in total. The molecule has 0 aromatic heterocycles. The van der Waals surface area contributed by atoms with E-state index in [9.17, 15) is 24.6 Å². The lowest BCUT2D eigenvalue weighted by atomic mass is 9.71. The Morgan fingerprint density at radius 3 is 2.35 bits per heavy atom. The molecule has 4 N–H and O–H groups in total. The first-order valence-corrected chi connectivity index (χ1v) is 18.0. The van der Waals surface area contributed by atoms with Crippen LogP contribution in [-0.2, 0) is 16.0 Å². The van der Waals surface area contributed by atoms with Gasteiger partial charge in [0.25, 0.3) is 0 Å². The molecule has 5 heterocycles. The van der Waals surface area contributed by atoms with Crippen molar-refractivity contribution in [3.63, 3.8) is 0 Å². The van der Waals surface area contributed by atoms with Gasteiger partial charge >= 0.3 is 5.97 Å². The first-order chi connectivity index (χ1) is 23.2. The Kier molecular flexibility index (Phi) is 7.78. The molecule has 48 heavy (non-hydrogen) atoms. The number of hydrogen-bond donors (Lipinski definition) is 3. The van der Waals surface area contributed by atoms with Gasteiger partial charge in [0.2, 0.25) is 5.91 Å². The SMILES string of the molecule is CC(O)C1C(=O)N2C(C(=O)O)=C3C(Oc4cccc5c4-c4ccc(CCC[N+]67CC[N+](CCCN)(CC6)CC7)cc4C5=O)CCCC3C12. The molecule has 9 rings (SSSR count). The van der Waals surface area contributed by atoms with Gasteiger partial charge < -0.3 is 34.5 Å². The molecule has 0 spiro atoms. The first-order valence-electron chi connectivity index (χ1n) is 18.0. The van der Waals surface area contributed by atoms with Crippen LogP contribution in [0.25, 0.3) is 11.1 Å². The number of piperazine rings is 3. The molecular formula is C38H48N4O6+2. The summed E-state index contributed by atoms with van der Waals surface area (Å²) in [5, 5.41) is 20.6. The second kappa shape index (κ2) is 11.8. The van der Waals surface area contributed by atoms with Crippen molar-refractivity contribution in [1.29, 1.82) is 0 Å². The summed E-state index contributed by atoms with van der Waals surface area (Å²) >= 11 is 0. The molecule has 2 bridgehead atoms. The molecule has 0 radical (unpaired) electrons. The fourth-order valence-corrected chi connectivity index (χ4v) is 10.2. The van der Waals surface area contributed by atoms with Crippen LogP contribution >= 0.6 is 0 Å². The average molecular weight is 657 g/mol. The highest BCUT2D eigenvalue weighted by molar-refractivity contribution is 6.22. The molecule has 4 saturated heterocycles. The van der Waals surface area contributed by atoms with Gasteiger partial charge in [-0.2, -0.15) is 0 Å². The van der Waals surface area contributed by atoms with Crippen LogP contribution in [0.2, 0.25) is 0 Å². The van der Waals surface area contributed by atoms with Crippen LogP contribution in [0.15, 0.2) is 47.7 Å². The number of quaternary nitrogens is 2. The topological polar surface area (TPSA) is 130 Å². The van der Waals surface area contributed by atoms with Crippen LogP contribution in [0.1, 0.15) is 60.5 Å².